The summed E-state index contributed by atoms with van der Waals surface area (Å²) in [6.07, 6.45) is 7.94. The second kappa shape index (κ2) is 7.08. The van der Waals surface area contributed by atoms with Crippen molar-refractivity contribution >= 4 is 11.6 Å². The van der Waals surface area contributed by atoms with Gasteiger partial charge in [-0.15, -0.1) is 0 Å². The first-order valence-corrected chi connectivity index (χ1v) is 11.8. The van der Waals surface area contributed by atoms with Gasteiger partial charge in [0.15, 0.2) is 23.5 Å². The number of aliphatic hydroxyl groups excluding tert-OH is 2. The number of fused-ring (bicyclic) bond motifs is 6. The molecule has 1 saturated heterocycles. The maximum atomic E-state index is 13.9. The molecule has 6 unspecified atom stereocenters. The zero-order valence-corrected chi connectivity index (χ0v) is 18.7. The average molecular weight is 431 g/mol. The summed E-state index contributed by atoms with van der Waals surface area (Å²) in [7, 11) is 0. The largest absolute Gasteiger partial charge is 0.393 e. The fraction of sp³-hybridized carbons (Fsp3) is 0.760. The van der Waals surface area contributed by atoms with Crippen LogP contribution in [0.1, 0.15) is 59.3 Å². The summed E-state index contributed by atoms with van der Waals surface area (Å²) in [5.74, 6) is 0.0496. The van der Waals surface area contributed by atoms with Crippen molar-refractivity contribution < 1.29 is 29.3 Å². The summed E-state index contributed by atoms with van der Waals surface area (Å²) in [5.41, 5.74) is -1.36. The highest BCUT2D eigenvalue weighted by molar-refractivity contribution is 6.01. The molecule has 1 aliphatic heterocycles. The molecule has 0 aromatic carbocycles. The summed E-state index contributed by atoms with van der Waals surface area (Å²) in [6.45, 7) is 5.73. The van der Waals surface area contributed by atoms with Crippen LogP contribution in [-0.2, 0) is 19.1 Å². The van der Waals surface area contributed by atoms with Crippen LogP contribution in [0.3, 0.4) is 0 Å². The minimum absolute atomic E-state index is 0.0140. The lowest BCUT2D eigenvalue weighted by Gasteiger charge is -2.62. The van der Waals surface area contributed by atoms with E-state index in [0.717, 1.165) is 24.8 Å². The van der Waals surface area contributed by atoms with Crippen LogP contribution in [0.2, 0.25) is 0 Å². The third-order valence-corrected chi connectivity index (χ3v) is 9.19. The average Bonchev–Trinajstić information content (AvgIpc) is 3.09. The molecule has 0 aromatic heterocycles. The minimum Gasteiger partial charge on any atom is -0.393 e. The summed E-state index contributed by atoms with van der Waals surface area (Å²) < 4.78 is 12.3. The van der Waals surface area contributed by atoms with Gasteiger partial charge in [0.05, 0.1) is 18.8 Å². The molecule has 0 aromatic rings. The van der Waals surface area contributed by atoms with Crippen molar-refractivity contribution in [3.8, 4) is 0 Å². The molecule has 0 amide bonds. The van der Waals surface area contributed by atoms with Crippen LogP contribution in [0.4, 0.5) is 0 Å². The molecular formula is C25H34O6. The predicted octanol–water partition coefficient (Wildman–Crippen LogP) is 2.72. The van der Waals surface area contributed by atoms with E-state index in [9.17, 15) is 19.8 Å². The Hall–Kier alpha value is -1.34. The molecule has 6 nitrogen and oxygen atoms in total. The van der Waals surface area contributed by atoms with Crippen molar-refractivity contribution in [3.63, 3.8) is 0 Å². The van der Waals surface area contributed by atoms with E-state index in [2.05, 4.69) is 6.92 Å². The van der Waals surface area contributed by atoms with Gasteiger partial charge in [-0.25, -0.2) is 0 Å². The van der Waals surface area contributed by atoms with Crippen LogP contribution < -0.4 is 0 Å². The van der Waals surface area contributed by atoms with Gasteiger partial charge in [0.2, 0.25) is 0 Å². The summed E-state index contributed by atoms with van der Waals surface area (Å²) in [4.78, 5) is 25.9. The first-order valence-electron chi connectivity index (χ1n) is 11.8. The molecule has 31 heavy (non-hydrogen) atoms. The molecule has 5 rings (SSSR count). The van der Waals surface area contributed by atoms with Gasteiger partial charge >= 0.3 is 0 Å². The Labute approximate surface area is 183 Å². The van der Waals surface area contributed by atoms with Gasteiger partial charge in [0.25, 0.3) is 0 Å². The van der Waals surface area contributed by atoms with Crippen LogP contribution in [0, 0.1) is 28.6 Å². The number of Topliss-reactive ketones (excluding diaryl/α,β-unsaturated/α-hetero) is 1. The van der Waals surface area contributed by atoms with Crippen molar-refractivity contribution in [2.45, 2.75) is 83.4 Å². The van der Waals surface area contributed by atoms with Crippen LogP contribution in [0.5, 0.6) is 0 Å². The number of hydrogen-bond acceptors (Lipinski definition) is 6. The van der Waals surface area contributed by atoms with Crippen LogP contribution in [0.15, 0.2) is 23.8 Å². The quantitative estimate of drug-likeness (QED) is 0.715. The number of carbonyl (C=O) groups is 2. The molecule has 5 aliphatic rings. The van der Waals surface area contributed by atoms with E-state index in [1.807, 2.05) is 19.9 Å². The highest BCUT2D eigenvalue weighted by Crippen LogP contribution is 2.64. The van der Waals surface area contributed by atoms with Crippen LogP contribution >= 0.6 is 0 Å². The zero-order chi connectivity index (χ0) is 22.2. The number of hydrogen-bond donors (Lipinski definition) is 2. The van der Waals surface area contributed by atoms with E-state index in [4.69, 9.17) is 9.47 Å². The number of aliphatic hydroxyl groups is 2. The van der Waals surface area contributed by atoms with Gasteiger partial charge in [-0.2, -0.15) is 0 Å². The molecular weight excluding hydrogens is 396 g/mol. The number of carbonyl (C=O) groups excluding carboxylic acids is 2. The van der Waals surface area contributed by atoms with Gasteiger partial charge in [0, 0.05) is 16.7 Å². The Morgan fingerprint density at radius 1 is 1.26 bits per heavy atom. The van der Waals surface area contributed by atoms with E-state index in [-0.39, 0.29) is 34.7 Å². The highest BCUT2D eigenvalue weighted by atomic mass is 16.7. The fourth-order valence-corrected chi connectivity index (χ4v) is 7.73. The molecule has 0 radical (unpaired) electrons. The Kier molecular flexibility index (Phi) is 4.91. The molecule has 9 atom stereocenters. The third-order valence-electron chi connectivity index (χ3n) is 9.19. The van der Waals surface area contributed by atoms with Gasteiger partial charge in [-0.05, 0) is 56.1 Å². The van der Waals surface area contributed by atoms with Crippen molar-refractivity contribution in [3.05, 3.63) is 23.8 Å². The Bertz CT molecular complexity index is 862. The summed E-state index contributed by atoms with van der Waals surface area (Å²) in [5, 5.41) is 21.7. The first kappa shape index (κ1) is 21.5. The van der Waals surface area contributed by atoms with E-state index in [1.165, 1.54) is 0 Å². The lowest BCUT2D eigenvalue weighted by atomic mass is 9.43. The molecule has 0 spiro atoms. The van der Waals surface area contributed by atoms with Gasteiger partial charge < -0.3 is 19.7 Å². The Morgan fingerprint density at radius 3 is 2.74 bits per heavy atom. The molecule has 6 heteroatoms. The molecule has 170 valence electrons. The smallest absolute Gasteiger partial charge is 0.179 e. The molecule has 1 heterocycles. The summed E-state index contributed by atoms with van der Waals surface area (Å²) >= 11 is 0. The van der Waals surface area contributed by atoms with Crippen molar-refractivity contribution in [2.24, 2.45) is 28.6 Å². The van der Waals surface area contributed by atoms with E-state index >= 15 is 0 Å². The lowest BCUT2D eigenvalue weighted by Crippen LogP contribution is -2.68. The number of rotatable bonds is 3. The van der Waals surface area contributed by atoms with Gasteiger partial charge in [-0.1, -0.05) is 38.8 Å². The van der Waals surface area contributed by atoms with Gasteiger partial charge in [-0.3, -0.25) is 9.59 Å². The maximum Gasteiger partial charge on any atom is 0.179 e. The van der Waals surface area contributed by atoms with E-state index < -0.39 is 36.1 Å². The molecule has 3 saturated carbocycles. The summed E-state index contributed by atoms with van der Waals surface area (Å²) in [6, 6.07) is 0. The topological polar surface area (TPSA) is 93.1 Å². The normalized spacial score (nSPS) is 50.9. The Balaban J connectivity index is 1.53. The fourth-order valence-electron chi connectivity index (χ4n) is 7.73. The monoisotopic (exact) mass is 430 g/mol. The van der Waals surface area contributed by atoms with Crippen LogP contribution in [-0.4, -0.2) is 52.5 Å². The van der Waals surface area contributed by atoms with Crippen LogP contribution in [0.25, 0.3) is 0 Å². The molecule has 2 N–H and O–H groups in total. The zero-order valence-electron chi connectivity index (χ0n) is 18.7. The minimum atomic E-state index is -1.32. The van der Waals surface area contributed by atoms with Crippen molar-refractivity contribution in [1.29, 1.82) is 0 Å². The van der Waals surface area contributed by atoms with E-state index in [1.54, 1.807) is 12.2 Å². The van der Waals surface area contributed by atoms with Crippen molar-refractivity contribution in [2.75, 3.05) is 6.61 Å². The SMILES string of the molecule is CCCC1OC2CC3C4CCC5=CC(=O)C=C[C@]5(C)C4C(O)C[C@]3(C)C(=O)[C@]2(CO)O1. The predicted molar refractivity (Wildman–Crippen MR) is 113 cm³/mol. The lowest BCUT2D eigenvalue weighted by molar-refractivity contribution is -0.193. The molecule has 0 bridgehead atoms. The second-order valence-corrected chi connectivity index (χ2v) is 10.8. The van der Waals surface area contributed by atoms with Gasteiger partial charge in [0.1, 0.15) is 0 Å². The Morgan fingerprint density at radius 2 is 2.03 bits per heavy atom. The number of allylic oxidation sites excluding steroid dienone is 4. The number of ether oxygens (including phenoxy) is 2. The highest BCUT2D eigenvalue weighted by Gasteiger charge is 2.70. The van der Waals surface area contributed by atoms with Crippen molar-refractivity contribution in [1.82, 2.24) is 0 Å². The molecule has 4 aliphatic carbocycles. The number of ketones is 2. The van der Waals surface area contributed by atoms with E-state index in [0.29, 0.717) is 19.3 Å². The second-order valence-electron chi connectivity index (χ2n) is 10.8. The maximum absolute atomic E-state index is 13.9. The first-order chi connectivity index (χ1) is 14.7. The third kappa shape index (κ3) is 2.78. The standard InChI is InChI=1S/C25H34O6/c1-4-5-20-30-19-11-17-16-7-6-14-10-15(27)8-9-23(14,2)21(16)18(28)12-24(17,3)22(29)25(19,13-26)31-20/h8-10,16-21,26,28H,4-7,11-13H2,1-3H3/t16?,17?,18?,19?,20?,21?,23-,24-,25+/m0/s1. The molecule has 4 fully saturated rings.